The van der Waals surface area contributed by atoms with Gasteiger partial charge in [-0.15, -0.1) is 0 Å². The van der Waals surface area contributed by atoms with Crippen LogP contribution in [0.5, 0.6) is 0 Å². The Hall–Kier alpha value is -0.940. The van der Waals surface area contributed by atoms with Gasteiger partial charge in [-0.05, 0) is 0 Å². The van der Waals surface area contributed by atoms with E-state index in [9.17, 15) is 0 Å². The third-order valence-electron chi connectivity index (χ3n) is 2.27. The van der Waals surface area contributed by atoms with E-state index >= 15 is 0 Å². The van der Waals surface area contributed by atoms with E-state index in [2.05, 4.69) is 17.0 Å². The minimum Gasteiger partial charge on any atom is -0.354 e. The molecule has 0 aromatic carbocycles. The predicted octanol–water partition coefficient (Wildman–Crippen LogP) is 1.02. The molecule has 5 heteroatoms. The van der Waals surface area contributed by atoms with Gasteiger partial charge in [0, 0.05) is 27.1 Å². The first-order valence-electron chi connectivity index (χ1n) is 5.23. The molecule has 1 aromatic heterocycles. The van der Waals surface area contributed by atoms with Crippen molar-refractivity contribution in [1.29, 1.82) is 0 Å². The molecule has 15 heavy (non-hydrogen) atoms. The van der Waals surface area contributed by atoms with Crippen molar-refractivity contribution in [3.05, 3.63) is 11.6 Å². The largest absolute Gasteiger partial charge is 0.354 e. The molecule has 0 saturated heterocycles. The first-order valence-corrected chi connectivity index (χ1v) is 5.23. The fourth-order valence-electron chi connectivity index (χ4n) is 1.37. The lowest BCUT2D eigenvalue weighted by atomic mass is 10.4. The molecular formula is C10H19N3O2. The third-order valence-corrected chi connectivity index (χ3v) is 2.27. The van der Waals surface area contributed by atoms with Crippen LogP contribution in [-0.2, 0) is 28.9 Å². The smallest absolute Gasteiger partial charge is 0.176 e. The van der Waals surface area contributed by atoms with Crippen molar-refractivity contribution in [2.45, 2.75) is 39.5 Å². The summed E-state index contributed by atoms with van der Waals surface area (Å²) >= 11 is 0. The average molecular weight is 213 g/mol. The van der Waals surface area contributed by atoms with Gasteiger partial charge in [0.25, 0.3) is 0 Å². The SMILES string of the molecule is CCc1nc(CC)n(CC(OC)OC)n1. The van der Waals surface area contributed by atoms with Gasteiger partial charge in [0.1, 0.15) is 5.82 Å². The second-order valence-electron chi connectivity index (χ2n) is 3.23. The van der Waals surface area contributed by atoms with Crippen molar-refractivity contribution >= 4 is 0 Å². The molecule has 0 saturated carbocycles. The molecule has 0 aliphatic heterocycles. The summed E-state index contributed by atoms with van der Waals surface area (Å²) in [5.74, 6) is 1.85. The van der Waals surface area contributed by atoms with E-state index in [1.807, 2.05) is 11.6 Å². The van der Waals surface area contributed by atoms with Crippen LogP contribution in [0.3, 0.4) is 0 Å². The molecule has 0 radical (unpaired) electrons. The van der Waals surface area contributed by atoms with Crippen LogP contribution in [-0.4, -0.2) is 35.3 Å². The summed E-state index contributed by atoms with van der Waals surface area (Å²) in [5.41, 5.74) is 0. The Morgan fingerprint density at radius 2 is 1.87 bits per heavy atom. The zero-order valence-corrected chi connectivity index (χ0v) is 9.86. The average Bonchev–Trinajstić information content (AvgIpc) is 2.68. The topological polar surface area (TPSA) is 49.2 Å². The van der Waals surface area contributed by atoms with Crippen molar-refractivity contribution in [2.75, 3.05) is 14.2 Å². The highest BCUT2D eigenvalue weighted by atomic mass is 16.7. The normalized spacial score (nSPS) is 11.3. The zero-order valence-electron chi connectivity index (χ0n) is 9.86. The Balaban J connectivity index is 2.77. The van der Waals surface area contributed by atoms with E-state index in [0.29, 0.717) is 6.54 Å². The quantitative estimate of drug-likeness (QED) is 0.662. The molecule has 0 aliphatic carbocycles. The van der Waals surface area contributed by atoms with E-state index < -0.39 is 0 Å². The number of rotatable bonds is 6. The number of methoxy groups -OCH3 is 2. The molecule has 86 valence electrons. The fraction of sp³-hybridized carbons (Fsp3) is 0.800. The standard InChI is InChI=1S/C10H19N3O2/c1-5-8-11-9(6-2)13(12-8)7-10(14-3)15-4/h10H,5-7H2,1-4H3. The highest BCUT2D eigenvalue weighted by Gasteiger charge is 2.12. The fourth-order valence-corrected chi connectivity index (χ4v) is 1.37. The van der Waals surface area contributed by atoms with Gasteiger partial charge < -0.3 is 9.47 Å². The van der Waals surface area contributed by atoms with E-state index in [-0.39, 0.29) is 6.29 Å². The zero-order chi connectivity index (χ0) is 11.3. The number of aromatic nitrogens is 3. The van der Waals surface area contributed by atoms with Gasteiger partial charge in [0.15, 0.2) is 12.1 Å². The third kappa shape index (κ3) is 3.00. The molecule has 0 unspecified atom stereocenters. The number of nitrogens with zero attached hydrogens (tertiary/aromatic N) is 3. The predicted molar refractivity (Wildman–Crippen MR) is 56.6 cm³/mol. The first kappa shape index (κ1) is 12.1. The summed E-state index contributed by atoms with van der Waals surface area (Å²) in [4.78, 5) is 4.41. The number of ether oxygens (including phenoxy) is 2. The lowest BCUT2D eigenvalue weighted by molar-refractivity contribution is -0.112. The van der Waals surface area contributed by atoms with Crippen molar-refractivity contribution in [2.24, 2.45) is 0 Å². The number of hydrogen-bond acceptors (Lipinski definition) is 4. The van der Waals surface area contributed by atoms with E-state index in [1.54, 1.807) is 14.2 Å². The minimum absolute atomic E-state index is 0.262. The second kappa shape index (κ2) is 5.82. The van der Waals surface area contributed by atoms with Gasteiger partial charge >= 0.3 is 0 Å². The summed E-state index contributed by atoms with van der Waals surface area (Å²) in [7, 11) is 3.24. The Kier molecular flexibility index (Phi) is 4.71. The van der Waals surface area contributed by atoms with Gasteiger partial charge in [-0.1, -0.05) is 13.8 Å². The molecule has 0 amide bonds. The van der Waals surface area contributed by atoms with Crippen LogP contribution in [0.1, 0.15) is 25.5 Å². The van der Waals surface area contributed by atoms with Gasteiger partial charge in [-0.3, -0.25) is 0 Å². The summed E-state index contributed by atoms with van der Waals surface area (Å²) < 4.78 is 12.1. The Labute approximate surface area is 90.4 Å². The summed E-state index contributed by atoms with van der Waals surface area (Å²) in [6.07, 6.45) is 1.46. The molecule has 0 fully saturated rings. The monoisotopic (exact) mass is 213 g/mol. The Morgan fingerprint density at radius 1 is 1.20 bits per heavy atom. The molecule has 0 spiro atoms. The molecule has 1 heterocycles. The van der Waals surface area contributed by atoms with E-state index in [4.69, 9.17) is 9.47 Å². The maximum Gasteiger partial charge on any atom is 0.176 e. The van der Waals surface area contributed by atoms with Crippen molar-refractivity contribution in [3.63, 3.8) is 0 Å². The lowest BCUT2D eigenvalue weighted by Crippen LogP contribution is -2.22. The highest BCUT2D eigenvalue weighted by Crippen LogP contribution is 2.04. The number of hydrogen-bond donors (Lipinski definition) is 0. The van der Waals surface area contributed by atoms with Crippen LogP contribution in [0.4, 0.5) is 0 Å². The molecule has 0 aliphatic rings. The molecule has 5 nitrogen and oxygen atoms in total. The highest BCUT2D eigenvalue weighted by molar-refractivity contribution is 4.92. The van der Waals surface area contributed by atoms with Crippen molar-refractivity contribution in [1.82, 2.24) is 14.8 Å². The van der Waals surface area contributed by atoms with Crippen LogP contribution in [0.15, 0.2) is 0 Å². The van der Waals surface area contributed by atoms with Gasteiger partial charge in [0.05, 0.1) is 6.54 Å². The molecule has 0 bridgehead atoms. The van der Waals surface area contributed by atoms with E-state index in [0.717, 1.165) is 24.5 Å². The van der Waals surface area contributed by atoms with Crippen LogP contribution >= 0.6 is 0 Å². The maximum atomic E-state index is 5.13. The van der Waals surface area contributed by atoms with Crippen LogP contribution in [0, 0.1) is 0 Å². The molecule has 1 aromatic rings. The Bertz CT molecular complexity index is 295. The van der Waals surface area contributed by atoms with Gasteiger partial charge in [-0.25, -0.2) is 9.67 Å². The van der Waals surface area contributed by atoms with Gasteiger partial charge in [-0.2, -0.15) is 5.10 Å². The van der Waals surface area contributed by atoms with Gasteiger partial charge in [0.2, 0.25) is 0 Å². The Morgan fingerprint density at radius 3 is 2.33 bits per heavy atom. The minimum atomic E-state index is -0.262. The van der Waals surface area contributed by atoms with Crippen molar-refractivity contribution in [3.8, 4) is 0 Å². The summed E-state index contributed by atoms with van der Waals surface area (Å²) in [6.45, 7) is 4.70. The first-order chi connectivity index (χ1) is 7.24. The number of aryl methyl sites for hydroxylation is 2. The lowest BCUT2D eigenvalue weighted by Gasteiger charge is -2.13. The van der Waals surface area contributed by atoms with Crippen LogP contribution in [0.2, 0.25) is 0 Å². The molecule has 0 atom stereocenters. The van der Waals surface area contributed by atoms with Crippen molar-refractivity contribution < 1.29 is 9.47 Å². The second-order valence-corrected chi connectivity index (χ2v) is 3.23. The molecule has 0 N–H and O–H groups in total. The van der Waals surface area contributed by atoms with Crippen LogP contribution in [0.25, 0.3) is 0 Å². The maximum absolute atomic E-state index is 5.13. The summed E-state index contributed by atoms with van der Waals surface area (Å²) in [6, 6.07) is 0. The summed E-state index contributed by atoms with van der Waals surface area (Å²) in [5, 5.41) is 4.38. The van der Waals surface area contributed by atoms with E-state index in [1.165, 1.54) is 0 Å². The van der Waals surface area contributed by atoms with Crippen LogP contribution < -0.4 is 0 Å². The molecule has 1 rings (SSSR count). The molecular weight excluding hydrogens is 194 g/mol.